The van der Waals surface area contributed by atoms with E-state index in [1.807, 2.05) is 12.1 Å². The third-order valence-corrected chi connectivity index (χ3v) is 6.39. The van der Waals surface area contributed by atoms with E-state index in [4.69, 9.17) is 9.97 Å². The monoisotopic (exact) mass is 486 g/mol. The number of aromatic nitrogens is 2. The van der Waals surface area contributed by atoms with Gasteiger partial charge >= 0.3 is 0 Å². The van der Waals surface area contributed by atoms with Crippen LogP contribution in [0.5, 0.6) is 5.75 Å². The summed E-state index contributed by atoms with van der Waals surface area (Å²) in [5.41, 5.74) is 3.70. The maximum atomic E-state index is 10.0. The molecule has 2 saturated heterocycles. The second-order valence-corrected chi connectivity index (χ2v) is 9.20. The van der Waals surface area contributed by atoms with Gasteiger partial charge in [-0.2, -0.15) is 15.1 Å². The summed E-state index contributed by atoms with van der Waals surface area (Å²) in [5.74, 6) is 2.62. The number of hydrazone groups is 1. The molecule has 2 aliphatic heterocycles. The quantitative estimate of drug-likeness (QED) is 0.449. The molecule has 31 heavy (non-hydrogen) atoms. The Labute approximate surface area is 192 Å². The van der Waals surface area contributed by atoms with Crippen molar-refractivity contribution in [3.8, 4) is 5.75 Å². The van der Waals surface area contributed by atoms with Crippen molar-refractivity contribution in [3.05, 3.63) is 34.3 Å². The number of nitrogens with one attached hydrogen (secondary N) is 1. The predicted octanol–water partition coefficient (Wildman–Crippen LogP) is 5.15. The first-order valence-corrected chi connectivity index (χ1v) is 12.1. The Balaban J connectivity index is 1.58. The number of rotatable bonds is 5. The van der Waals surface area contributed by atoms with Crippen LogP contribution in [-0.4, -0.2) is 47.5 Å². The first-order valence-electron chi connectivity index (χ1n) is 11.4. The van der Waals surface area contributed by atoms with E-state index in [0.29, 0.717) is 11.4 Å². The Morgan fingerprint density at radius 1 is 0.871 bits per heavy atom. The molecule has 0 aliphatic carbocycles. The Kier molecular flexibility index (Phi) is 7.61. The number of hydrogen-bond donors (Lipinski definition) is 2. The number of nitrogens with zero attached hydrogens (tertiary/aromatic N) is 5. The lowest BCUT2D eigenvalue weighted by Gasteiger charge is -2.25. The Bertz CT molecular complexity index is 851. The van der Waals surface area contributed by atoms with Gasteiger partial charge in [-0.1, -0.05) is 41.6 Å². The lowest BCUT2D eigenvalue weighted by atomic mass is 10.2. The van der Waals surface area contributed by atoms with Gasteiger partial charge in [-0.05, 0) is 43.9 Å². The van der Waals surface area contributed by atoms with E-state index in [-0.39, 0.29) is 5.75 Å². The third kappa shape index (κ3) is 6.09. The highest BCUT2D eigenvalue weighted by molar-refractivity contribution is 9.10. The van der Waals surface area contributed by atoms with Crippen LogP contribution in [0.25, 0.3) is 0 Å². The first kappa shape index (κ1) is 21.9. The highest BCUT2D eigenvalue weighted by atomic mass is 79.9. The molecule has 0 radical (unpaired) electrons. The molecule has 0 spiro atoms. The van der Waals surface area contributed by atoms with Crippen LogP contribution in [0.1, 0.15) is 56.9 Å². The molecule has 166 valence electrons. The van der Waals surface area contributed by atoms with Crippen molar-refractivity contribution in [1.82, 2.24) is 9.97 Å². The van der Waals surface area contributed by atoms with Crippen molar-refractivity contribution in [1.29, 1.82) is 0 Å². The molecule has 4 rings (SSSR count). The maximum absolute atomic E-state index is 10.0. The number of benzene rings is 1. The Morgan fingerprint density at radius 2 is 1.52 bits per heavy atom. The molecule has 2 N–H and O–H groups in total. The van der Waals surface area contributed by atoms with Gasteiger partial charge in [0.25, 0.3) is 0 Å². The van der Waals surface area contributed by atoms with Gasteiger partial charge in [-0.15, -0.1) is 0 Å². The Hall–Kier alpha value is -2.35. The minimum atomic E-state index is 0.187. The van der Waals surface area contributed by atoms with Crippen molar-refractivity contribution < 1.29 is 5.11 Å². The number of phenols is 1. The molecule has 2 fully saturated rings. The van der Waals surface area contributed by atoms with E-state index in [2.05, 4.69) is 36.3 Å². The van der Waals surface area contributed by atoms with Gasteiger partial charge in [0.05, 0.1) is 6.21 Å². The van der Waals surface area contributed by atoms with Gasteiger partial charge in [0.2, 0.25) is 5.95 Å². The SMILES string of the molecule is Oc1ccc(Br)cc1C=NNc1cc(N2CCCCCC2)nc(N2CCCCCC2)n1. The number of anilines is 3. The second kappa shape index (κ2) is 10.8. The van der Waals surface area contributed by atoms with Gasteiger partial charge < -0.3 is 14.9 Å². The van der Waals surface area contributed by atoms with Gasteiger partial charge in [0.15, 0.2) is 5.82 Å². The van der Waals surface area contributed by atoms with Crippen LogP contribution in [0.2, 0.25) is 0 Å². The van der Waals surface area contributed by atoms with Gasteiger partial charge in [-0.25, -0.2) is 0 Å². The fourth-order valence-corrected chi connectivity index (χ4v) is 4.53. The van der Waals surface area contributed by atoms with Crippen LogP contribution in [0.15, 0.2) is 33.8 Å². The van der Waals surface area contributed by atoms with Crippen molar-refractivity contribution in [2.75, 3.05) is 41.4 Å². The lowest BCUT2D eigenvalue weighted by Crippen LogP contribution is -2.29. The normalized spacial score (nSPS) is 18.1. The van der Waals surface area contributed by atoms with E-state index in [1.54, 1.807) is 18.3 Å². The summed E-state index contributed by atoms with van der Waals surface area (Å²) in [5, 5.41) is 14.4. The zero-order valence-electron chi connectivity index (χ0n) is 17.9. The summed E-state index contributed by atoms with van der Waals surface area (Å²) in [6, 6.07) is 7.26. The summed E-state index contributed by atoms with van der Waals surface area (Å²) in [4.78, 5) is 14.4. The van der Waals surface area contributed by atoms with E-state index in [9.17, 15) is 5.11 Å². The third-order valence-electron chi connectivity index (χ3n) is 5.89. The summed E-state index contributed by atoms with van der Waals surface area (Å²) in [6.45, 7) is 4.06. The van der Waals surface area contributed by atoms with Gasteiger partial charge in [-0.3, -0.25) is 5.43 Å². The molecule has 8 heteroatoms. The maximum Gasteiger partial charge on any atom is 0.229 e. The molecular formula is C23H31BrN6O. The van der Waals surface area contributed by atoms with Crippen LogP contribution < -0.4 is 15.2 Å². The molecule has 0 amide bonds. The number of aromatic hydroxyl groups is 1. The van der Waals surface area contributed by atoms with Gasteiger partial charge in [0, 0.05) is 42.3 Å². The van der Waals surface area contributed by atoms with Crippen LogP contribution in [0, 0.1) is 0 Å². The zero-order chi connectivity index (χ0) is 21.5. The largest absolute Gasteiger partial charge is 0.507 e. The van der Waals surface area contributed by atoms with Crippen molar-refractivity contribution >= 4 is 39.7 Å². The zero-order valence-corrected chi connectivity index (χ0v) is 19.5. The highest BCUT2D eigenvalue weighted by Gasteiger charge is 2.18. The van der Waals surface area contributed by atoms with Crippen LogP contribution in [0.4, 0.5) is 17.6 Å². The molecule has 2 aliphatic rings. The molecule has 1 aromatic heterocycles. The van der Waals surface area contributed by atoms with E-state index < -0.39 is 0 Å². The fraction of sp³-hybridized carbons (Fsp3) is 0.522. The van der Waals surface area contributed by atoms with E-state index in [0.717, 1.165) is 42.4 Å². The summed E-state index contributed by atoms with van der Waals surface area (Å²) >= 11 is 3.43. The molecule has 0 unspecified atom stereocenters. The van der Waals surface area contributed by atoms with E-state index in [1.165, 1.54) is 51.4 Å². The molecule has 1 aromatic carbocycles. The average Bonchev–Trinajstić information content (AvgIpc) is 3.21. The lowest BCUT2D eigenvalue weighted by molar-refractivity contribution is 0.474. The summed E-state index contributed by atoms with van der Waals surface area (Å²) < 4.78 is 0.890. The standard InChI is InChI=1S/C23H31BrN6O/c24-19-9-10-20(31)18(15-19)17-25-28-21-16-22(29-11-5-1-2-6-12-29)27-23(26-21)30-13-7-3-4-8-14-30/h9-10,15-17,31H,1-8,11-14H2,(H,26,27,28). The van der Waals surface area contributed by atoms with Crippen molar-refractivity contribution in [2.45, 2.75) is 51.4 Å². The van der Waals surface area contributed by atoms with Crippen molar-refractivity contribution in [2.24, 2.45) is 5.10 Å². The summed E-state index contributed by atoms with van der Waals surface area (Å²) in [7, 11) is 0. The smallest absolute Gasteiger partial charge is 0.229 e. The molecule has 0 saturated carbocycles. The van der Waals surface area contributed by atoms with Crippen LogP contribution in [-0.2, 0) is 0 Å². The number of halogens is 1. The molecule has 3 heterocycles. The fourth-order valence-electron chi connectivity index (χ4n) is 4.15. The summed E-state index contributed by atoms with van der Waals surface area (Å²) in [6.07, 6.45) is 11.5. The molecule has 0 bridgehead atoms. The second-order valence-electron chi connectivity index (χ2n) is 8.29. The van der Waals surface area contributed by atoms with Crippen molar-refractivity contribution in [3.63, 3.8) is 0 Å². The average molecular weight is 487 g/mol. The topological polar surface area (TPSA) is 76.9 Å². The molecule has 0 atom stereocenters. The molecule has 2 aromatic rings. The minimum absolute atomic E-state index is 0.187. The minimum Gasteiger partial charge on any atom is -0.507 e. The van der Waals surface area contributed by atoms with Crippen LogP contribution >= 0.6 is 15.9 Å². The first-order chi connectivity index (χ1) is 15.2. The van der Waals surface area contributed by atoms with Crippen LogP contribution in [0.3, 0.4) is 0 Å². The molecular weight excluding hydrogens is 456 g/mol. The molecule has 7 nitrogen and oxygen atoms in total. The predicted molar refractivity (Wildman–Crippen MR) is 130 cm³/mol. The van der Waals surface area contributed by atoms with Gasteiger partial charge in [0.1, 0.15) is 11.6 Å². The van der Waals surface area contributed by atoms with E-state index >= 15 is 0 Å². The number of phenolic OH excluding ortho intramolecular Hbond substituents is 1. The Morgan fingerprint density at radius 3 is 2.19 bits per heavy atom. The highest BCUT2D eigenvalue weighted by Crippen LogP contribution is 2.25. The number of hydrogen-bond acceptors (Lipinski definition) is 7.